The van der Waals surface area contributed by atoms with E-state index in [9.17, 15) is 4.79 Å². The molecule has 1 aromatic carbocycles. The average Bonchev–Trinajstić information content (AvgIpc) is 2.83. The molecule has 0 aliphatic carbocycles. The van der Waals surface area contributed by atoms with Crippen LogP contribution in [0.4, 0.5) is 11.4 Å². The van der Waals surface area contributed by atoms with E-state index in [0.717, 1.165) is 20.8 Å². The number of nitrogens with two attached hydrogens (primary N) is 1. The van der Waals surface area contributed by atoms with Gasteiger partial charge < -0.3 is 10.6 Å². The third kappa shape index (κ3) is 3.36. The molecule has 0 bridgehead atoms. The highest BCUT2D eigenvalue weighted by molar-refractivity contribution is 9.11. The monoisotopic (exact) mass is 338 g/mol. The van der Waals surface area contributed by atoms with Crippen molar-refractivity contribution in [1.29, 1.82) is 0 Å². The predicted octanol–water partition coefficient (Wildman–Crippen LogP) is 4.15. The molecule has 0 saturated heterocycles. The third-order valence-electron chi connectivity index (χ3n) is 2.68. The summed E-state index contributed by atoms with van der Waals surface area (Å²) in [4.78, 5) is 15.0. The average molecular weight is 339 g/mol. The molecule has 2 aromatic rings. The van der Waals surface area contributed by atoms with E-state index in [4.69, 9.17) is 5.73 Å². The number of nitrogens with zero attached hydrogens (tertiary/aromatic N) is 1. The van der Waals surface area contributed by atoms with E-state index in [1.54, 1.807) is 4.90 Å². The van der Waals surface area contributed by atoms with Crippen LogP contribution in [0.2, 0.25) is 0 Å². The molecule has 1 heterocycles. The van der Waals surface area contributed by atoms with Gasteiger partial charge in [-0.1, -0.05) is 6.92 Å². The van der Waals surface area contributed by atoms with E-state index in [1.807, 2.05) is 36.4 Å². The number of hydrogen-bond donors (Lipinski definition) is 1. The highest BCUT2D eigenvalue weighted by Crippen LogP contribution is 2.26. The number of benzene rings is 1. The molecular formula is C14H15BrN2OS. The van der Waals surface area contributed by atoms with Gasteiger partial charge in [-0.2, -0.15) is 0 Å². The first-order valence-corrected chi connectivity index (χ1v) is 7.65. The topological polar surface area (TPSA) is 46.3 Å². The number of nitrogen functional groups attached to an aromatic ring is 1. The van der Waals surface area contributed by atoms with Crippen LogP contribution in [0.1, 0.15) is 23.0 Å². The summed E-state index contributed by atoms with van der Waals surface area (Å²) >= 11 is 4.83. The molecule has 0 aliphatic rings. The van der Waals surface area contributed by atoms with Crippen LogP contribution in [-0.2, 0) is 0 Å². The highest BCUT2D eigenvalue weighted by atomic mass is 79.9. The van der Waals surface area contributed by atoms with Crippen LogP contribution >= 0.6 is 27.3 Å². The van der Waals surface area contributed by atoms with Gasteiger partial charge in [0.25, 0.3) is 5.91 Å². The number of amides is 1. The van der Waals surface area contributed by atoms with Crippen LogP contribution in [0.3, 0.4) is 0 Å². The van der Waals surface area contributed by atoms with Crippen molar-refractivity contribution in [1.82, 2.24) is 0 Å². The Morgan fingerprint density at radius 3 is 2.47 bits per heavy atom. The second-order valence-corrected chi connectivity index (χ2v) is 6.62. The molecule has 1 aromatic heterocycles. The summed E-state index contributed by atoms with van der Waals surface area (Å²) in [5.41, 5.74) is 7.26. The molecule has 0 spiro atoms. The summed E-state index contributed by atoms with van der Waals surface area (Å²) in [5, 5.41) is 0. The number of hydrogen-bond acceptors (Lipinski definition) is 3. The van der Waals surface area contributed by atoms with Crippen molar-refractivity contribution >= 4 is 44.5 Å². The fourth-order valence-electron chi connectivity index (χ4n) is 1.79. The first-order valence-electron chi connectivity index (χ1n) is 6.04. The molecule has 0 unspecified atom stereocenters. The first kappa shape index (κ1) is 14.1. The van der Waals surface area contributed by atoms with Gasteiger partial charge in [0, 0.05) is 17.9 Å². The summed E-state index contributed by atoms with van der Waals surface area (Å²) in [6.45, 7) is 2.75. The first-order chi connectivity index (χ1) is 9.11. The standard InChI is InChI=1S/C14H15BrN2OS/c1-2-9-17(11-5-3-10(16)4-6-11)14(18)12-7-8-13(15)19-12/h3-8H,2,9,16H2,1H3. The Morgan fingerprint density at radius 2 is 1.95 bits per heavy atom. The summed E-state index contributed by atoms with van der Waals surface area (Å²) in [6, 6.07) is 11.1. The van der Waals surface area contributed by atoms with Crippen LogP contribution in [0.25, 0.3) is 0 Å². The number of anilines is 2. The Kier molecular flexibility index (Phi) is 4.61. The molecule has 2 N–H and O–H groups in total. The fraction of sp³-hybridized carbons (Fsp3) is 0.214. The van der Waals surface area contributed by atoms with Crippen molar-refractivity contribution in [3.63, 3.8) is 0 Å². The molecule has 19 heavy (non-hydrogen) atoms. The lowest BCUT2D eigenvalue weighted by Gasteiger charge is -2.21. The van der Waals surface area contributed by atoms with Gasteiger partial charge >= 0.3 is 0 Å². The van der Waals surface area contributed by atoms with E-state index in [-0.39, 0.29) is 5.91 Å². The molecule has 0 atom stereocenters. The third-order valence-corrected chi connectivity index (χ3v) is 4.29. The van der Waals surface area contributed by atoms with Crippen LogP contribution in [0, 0.1) is 0 Å². The zero-order chi connectivity index (χ0) is 13.8. The molecule has 0 aliphatic heterocycles. The lowest BCUT2D eigenvalue weighted by molar-refractivity contribution is 0.0991. The van der Waals surface area contributed by atoms with Crippen LogP contribution in [0.15, 0.2) is 40.2 Å². The summed E-state index contributed by atoms with van der Waals surface area (Å²) in [7, 11) is 0. The van der Waals surface area contributed by atoms with Crippen molar-refractivity contribution in [2.24, 2.45) is 0 Å². The maximum atomic E-state index is 12.5. The number of rotatable bonds is 4. The van der Waals surface area contributed by atoms with Crippen LogP contribution < -0.4 is 10.6 Å². The van der Waals surface area contributed by atoms with Gasteiger partial charge in [0.05, 0.1) is 8.66 Å². The summed E-state index contributed by atoms with van der Waals surface area (Å²) in [5.74, 6) is 0.0299. The Bertz CT molecular complexity index is 565. The van der Waals surface area contributed by atoms with Gasteiger partial charge in [-0.15, -0.1) is 11.3 Å². The minimum absolute atomic E-state index is 0.0299. The van der Waals surface area contributed by atoms with Crippen LogP contribution in [-0.4, -0.2) is 12.5 Å². The van der Waals surface area contributed by atoms with E-state index in [0.29, 0.717) is 12.2 Å². The minimum Gasteiger partial charge on any atom is -0.399 e. The highest BCUT2D eigenvalue weighted by Gasteiger charge is 2.18. The van der Waals surface area contributed by atoms with Crippen molar-refractivity contribution in [3.8, 4) is 0 Å². The molecule has 2 rings (SSSR count). The van der Waals surface area contributed by atoms with Crippen molar-refractivity contribution < 1.29 is 4.79 Å². The Balaban J connectivity index is 2.29. The van der Waals surface area contributed by atoms with Crippen molar-refractivity contribution in [3.05, 3.63) is 45.1 Å². The van der Waals surface area contributed by atoms with Crippen molar-refractivity contribution in [2.45, 2.75) is 13.3 Å². The van der Waals surface area contributed by atoms with Crippen molar-refractivity contribution in [2.75, 3.05) is 17.2 Å². The molecule has 0 radical (unpaired) electrons. The Hall–Kier alpha value is -1.33. The molecule has 1 amide bonds. The number of halogens is 1. The number of thiophene rings is 1. The van der Waals surface area contributed by atoms with Crippen LogP contribution in [0.5, 0.6) is 0 Å². The molecule has 5 heteroatoms. The zero-order valence-electron chi connectivity index (χ0n) is 10.6. The number of carbonyl (C=O) groups excluding carboxylic acids is 1. The van der Waals surface area contributed by atoms with E-state index < -0.39 is 0 Å². The Morgan fingerprint density at radius 1 is 1.26 bits per heavy atom. The quantitative estimate of drug-likeness (QED) is 0.851. The SMILES string of the molecule is CCCN(C(=O)c1ccc(Br)s1)c1ccc(N)cc1. The smallest absolute Gasteiger partial charge is 0.268 e. The predicted molar refractivity (Wildman–Crippen MR) is 84.8 cm³/mol. The largest absolute Gasteiger partial charge is 0.399 e. The van der Waals surface area contributed by atoms with E-state index >= 15 is 0 Å². The maximum absolute atomic E-state index is 12.5. The second kappa shape index (κ2) is 6.21. The molecular weight excluding hydrogens is 324 g/mol. The van der Waals surface area contributed by atoms with Gasteiger partial charge in [-0.3, -0.25) is 4.79 Å². The fourth-order valence-corrected chi connectivity index (χ4v) is 3.12. The molecule has 0 saturated carbocycles. The van der Waals surface area contributed by atoms with Gasteiger partial charge in [0.15, 0.2) is 0 Å². The van der Waals surface area contributed by atoms with E-state index in [1.165, 1.54) is 11.3 Å². The molecule has 100 valence electrons. The minimum atomic E-state index is 0.0299. The maximum Gasteiger partial charge on any atom is 0.268 e. The van der Waals surface area contributed by atoms with Gasteiger partial charge in [-0.25, -0.2) is 0 Å². The van der Waals surface area contributed by atoms with Gasteiger partial charge in [0.2, 0.25) is 0 Å². The van der Waals surface area contributed by atoms with Gasteiger partial charge in [0.1, 0.15) is 0 Å². The summed E-state index contributed by atoms with van der Waals surface area (Å²) < 4.78 is 0.963. The summed E-state index contributed by atoms with van der Waals surface area (Å²) in [6.07, 6.45) is 0.905. The zero-order valence-corrected chi connectivity index (χ0v) is 13.0. The molecule has 3 nitrogen and oxygen atoms in total. The van der Waals surface area contributed by atoms with Gasteiger partial charge in [-0.05, 0) is 58.7 Å². The normalized spacial score (nSPS) is 10.4. The number of carbonyl (C=O) groups is 1. The molecule has 0 fully saturated rings. The second-order valence-electron chi connectivity index (χ2n) is 4.15. The lowest BCUT2D eigenvalue weighted by Crippen LogP contribution is -2.31. The Labute approximate surface area is 125 Å². The van der Waals surface area contributed by atoms with E-state index in [2.05, 4.69) is 22.9 Å². The lowest BCUT2D eigenvalue weighted by atomic mass is 10.2.